The minimum absolute atomic E-state index is 0.0199. The van der Waals surface area contributed by atoms with Crippen molar-refractivity contribution in [2.45, 2.75) is 105 Å². The number of hydrogen-bond donors (Lipinski definition) is 3. The summed E-state index contributed by atoms with van der Waals surface area (Å²) < 4.78 is 10.5. The van der Waals surface area contributed by atoms with Crippen molar-refractivity contribution in [3.05, 3.63) is 64.7 Å². The third kappa shape index (κ3) is 10.3. The van der Waals surface area contributed by atoms with Gasteiger partial charge < -0.3 is 30.1 Å². The predicted molar refractivity (Wildman–Crippen MR) is 169 cm³/mol. The van der Waals surface area contributed by atoms with Crippen LogP contribution in [0.4, 0.5) is 4.79 Å². The van der Waals surface area contributed by atoms with Crippen LogP contribution in [0.15, 0.2) is 42.5 Å². The average molecular weight is 612 g/mol. The van der Waals surface area contributed by atoms with Gasteiger partial charge in [0.05, 0.1) is 13.0 Å². The van der Waals surface area contributed by atoms with Crippen LogP contribution < -0.4 is 10.6 Å². The number of esters is 1. The number of aromatic hydroxyl groups is 1. The van der Waals surface area contributed by atoms with Gasteiger partial charge in [-0.3, -0.25) is 14.4 Å². The predicted octanol–water partition coefficient (Wildman–Crippen LogP) is 5.27. The molecule has 0 heterocycles. The minimum Gasteiger partial charge on any atom is -0.508 e. The highest BCUT2D eigenvalue weighted by atomic mass is 16.6. The summed E-state index contributed by atoms with van der Waals surface area (Å²) in [4.78, 5) is 55.4. The number of nitrogens with zero attached hydrogens (tertiary/aromatic N) is 1. The second-order valence-corrected chi connectivity index (χ2v) is 12.5. The van der Waals surface area contributed by atoms with E-state index in [2.05, 4.69) is 10.6 Å². The summed E-state index contributed by atoms with van der Waals surface area (Å²) in [5.41, 5.74) is 1.46. The van der Waals surface area contributed by atoms with E-state index in [-0.39, 0.29) is 31.7 Å². The van der Waals surface area contributed by atoms with Gasteiger partial charge in [0.15, 0.2) is 0 Å². The Morgan fingerprint density at radius 2 is 1.59 bits per heavy atom. The van der Waals surface area contributed by atoms with E-state index in [4.69, 9.17) is 9.47 Å². The summed E-state index contributed by atoms with van der Waals surface area (Å²) in [5.74, 6) is -1.31. The van der Waals surface area contributed by atoms with Crippen LogP contribution in [0.2, 0.25) is 0 Å². The van der Waals surface area contributed by atoms with Crippen molar-refractivity contribution in [2.75, 3.05) is 13.2 Å². The van der Waals surface area contributed by atoms with E-state index in [1.807, 2.05) is 52.8 Å². The molecule has 0 fully saturated rings. The number of carbonyl (C=O) groups excluding carboxylic acids is 4. The lowest BCUT2D eigenvalue weighted by atomic mass is 9.88. The minimum atomic E-state index is -1.11. The second-order valence-electron chi connectivity index (χ2n) is 12.5. The van der Waals surface area contributed by atoms with Gasteiger partial charge in [-0.15, -0.1) is 0 Å². The molecule has 0 aliphatic rings. The fourth-order valence-corrected chi connectivity index (χ4v) is 4.72. The van der Waals surface area contributed by atoms with E-state index in [0.717, 1.165) is 11.1 Å². The Kier molecular flexibility index (Phi) is 12.8. The van der Waals surface area contributed by atoms with Crippen molar-refractivity contribution >= 4 is 23.9 Å². The number of rotatable bonds is 13. The number of hydrogen-bond acceptors (Lipinski definition) is 7. The van der Waals surface area contributed by atoms with Crippen molar-refractivity contribution in [1.29, 1.82) is 0 Å². The Morgan fingerprint density at radius 1 is 0.955 bits per heavy atom. The zero-order valence-corrected chi connectivity index (χ0v) is 27.6. The Labute approximate surface area is 261 Å². The van der Waals surface area contributed by atoms with E-state index >= 15 is 0 Å². The van der Waals surface area contributed by atoms with Crippen molar-refractivity contribution in [3.8, 4) is 5.75 Å². The first-order chi connectivity index (χ1) is 20.5. The topological polar surface area (TPSA) is 134 Å². The smallest absolute Gasteiger partial charge is 0.408 e. The van der Waals surface area contributed by atoms with Crippen LogP contribution in [0.25, 0.3) is 0 Å². The second kappa shape index (κ2) is 15.6. The summed E-state index contributed by atoms with van der Waals surface area (Å²) in [6, 6.07) is 9.76. The third-order valence-electron chi connectivity index (χ3n) is 7.50. The first-order valence-electron chi connectivity index (χ1n) is 15.1. The average Bonchev–Trinajstić information content (AvgIpc) is 2.93. The first-order valence-corrected chi connectivity index (χ1v) is 15.1. The molecule has 10 nitrogen and oxygen atoms in total. The number of amides is 3. The van der Waals surface area contributed by atoms with Gasteiger partial charge in [-0.25, -0.2) is 4.79 Å². The molecular weight excluding hydrogens is 562 g/mol. The van der Waals surface area contributed by atoms with Crippen molar-refractivity contribution in [3.63, 3.8) is 0 Å². The molecule has 0 radical (unpaired) electrons. The van der Waals surface area contributed by atoms with Gasteiger partial charge in [0.25, 0.3) is 0 Å². The molecule has 0 bridgehead atoms. The van der Waals surface area contributed by atoms with E-state index in [1.54, 1.807) is 39.8 Å². The molecule has 44 heavy (non-hydrogen) atoms. The number of carbonyl (C=O) groups is 4. The highest BCUT2D eigenvalue weighted by Gasteiger charge is 2.43. The lowest BCUT2D eigenvalue weighted by Crippen LogP contribution is -2.60. The molecule has 0 aromatic heterocycles. The van der Waals surface area contributed by atoms with Crippen LogP contribution in [0.1, 0.15) is 89.6 Å². The van der Waals surface area contributed by atoms with Crippen LogP contribution in [-0.2, 0) is 30.3 Å². The molecule has 0 aliphatic heterocycles. The first kappa shape index (κ1) is 36.1. The summed E-state index contributed by atoms with van der Waals surface area (Å²) in [6.45, 7) is 16.7. The van der Waals surface area contributed by atoms with Crippen LogP contribution in [0.3, 0.4) is 0 Å². The standard InChI is InChI=1S/C34H49N3O7/c1-10-34(8,9)37(29(26-14-12-13-22(3)23(26)4)30(40)35-20-19-28(39)43-11-2)31(41)27(36-32(42)44-33(5,6)7)21-24-15-17-25(38)18-16-24/h12-18,27,29,38H,10-11,19-21H2,1-9H3,(H,35,40)(H,36,42). The van der Waals surface area contributed by atoms with Gasteiger partial charge in [-0.05, 0) is 96.2 Å². The molecule has 0 saturated carbocycles. The highest BCUT2D eigenvalue weighted by molar-refractivity contribution is 5.93. The maximum Gasteiger partial charge on any atom is 0.408 e. The number of nitrogens with one attached hydrogen (secondary N) is 2. The molecule has 3 N–H and O–H groups in total. The Bertz CT molecular complexity index is 1300. The Balaban J connectivity index is 2.66. The summed E-state index contributed by atoms with van der Waals surface area (Å²) in [5, 5.41) is 15.4. The SMILES string of the molecule is CCOC(=O)CCNC(=O)C(c1cccc(C)c1C)N(C(=O)C(Cc1ccc(O)cc1)NC(=O)OC(C)(C)C)C(C)(C)CC. The third-order valence-corrected chi connectivity index (χ3v) is 7.50. The molecular formula is C34H49N3O7. The van der Waals surface area contributed by atoms with Gasteiger partial charge in [0, 0.05) is 18.5 Å². The van der Waals surface area contributed by atoms with E-state index in [0.29, 0.717) is 17.5 Å². The van der Waals surface area contributed by atoms with Crippen LogP contribution in [-0.4, -0.2) is 64.2 Å². The normalized spacial score (nSPS) is 12.9. The monoisotopic (exact) mass is 611 g/mol. The molecule has 2 rings (SSSR count). The molecule has 2 atom stereocenters. The quantitative estimate of drug-likeness (QED) is 0.263. The lowest BCUT2D eigenvalue weighted by molar-refractivity contribution is -0.149. The number of phenols is 1. The molecule has 242 valence electrons. The molecule has 0 spiro atoms. The Hall–Kier alpha value is -4.08. The number of benzene rings is 2. The van der Waals surface area contributed by atoms with Crippen molar-refractivity contribution < 1.29 is 33.8 Å². The van der Waals surface area contributed by atoms with Crippen molar-refractivity contribution in [1.82, 2.24) is 15.5 Å². The summed E-state index contributed by atoms with van der Waals surface area (Å²) in [7, 11) is 0. The highest BCUT2D eigenvalue weighted by Crippen LogP contribution is 2.34. The molecule has 0 aliphatic carbocycles. The lowest BCUT2D eigenvalue weighted by Gasteiger charge is -2.45. The molecule has 2 aromatic rings. The van der Waals surface area contributed by atoms with E-state index in [9.17, 15) is 24.3 Å². The van der Waals surface area contributed by atoms with Gasteiger partial charge in [-0.1, -0.05) is 37.3 Å². The molecule has 2 aromatic carbocycles. The fraction of sp³-hybridized carbons (Fsp3) is 0.529. The maximum absolute atomic E-state index is 14.8. The van der Waals surface area contributed by atoms with E-state index in [1.165, 1.54) is 17.0 Å². The number of phenolic OH excluding ortho intramolecular Hbond substituents is 1. The van der Waals surface area contributed by atoms with Crippen LogP contribution in [0.5, 0.6) is 5.75 Å². The van der Waals surface area contributed by atoms with Gasteiger partial charge in [0.1, 0.15) is 23.4 Å². The van der Waals surface area contributed by atoms with Crippen LogP contribution >= 0.6 is 0 Å². The fourth-order valence-electron chi connectivity index (χ4n) is 4.72. The zero-order chi connectivity index (χ0) is 33.2. The summed E-state index contributed by atoms with van der Waals surface area (Å²) >= 11 is 0. The van der Waals surface area contributed by atoms with Crippen molar-refractivity contribution in [2.24, 2.45) is 0 Å². The molecule has 10 heteroatoms. The van der Waals surface area contributed by atoms with Gasteiger partial charge in [-0.2, -0.15) is 0 Å². The molecule has 2 unspecified atom stereocenters. The number of aryl methyl sites for hydroxylation is 1. The van der Waals surface area contributed by atoms with Gasteiger partial charge in [0.2, 0.25) is 11.8 Å². The number of ether oxygens (including phenoxy) is 2. The number of alkyl carbamates (subject to hydrolysis) is 1. The maximum atomic E-state index is 14.8. The van der Waals surface area contributed by atoms with E-state index < -0.39 is 47.1 Å². The van der Waals surface area contributed by atoms with Crippen LogP contribution in [0, 0.1) is 13.8 Å². The van der Waals surface area contributed by atoms with Gasteiger partial charge >= 0.3 is 12.1 Å². The molecule has 0 saturated heterocycles. The zero-order valence-electron chi connectivity index (χ0n) is 27.6. The Morgan fingerprint density at radius 3 is 2.16 bits per heavy atom. The largest absolute Gasteiger partial charge is 0.508 e. The molecule has 3 amide bonds. The summed E-state index contributed by atoms with van der Waals surface area (Å²) in [6.07, 6.45) is -0.216.